The summed E-state index contributed by atoms with van der Waals surface area (Å²) in [6, 6.07) is 0. The summed E-state index contributed by atoms with van der Waals surface area (Å²) in [6.07, 6.45) is 0. The quantitative estimate of drug-likeness (QED) is 0.284. The molecule has 5 N–H and O–H groups in total. The monoisotopic (exact) mass is 290 g/mol. The average Bonchev–Trinajstić information content (AvgIpc) is 1.43. The Balaban J connectivity index is 0. The molecule has 0 aliphatic carbocycles. The molecule has 0 aromatic rings. The summed E-state index contributed by atoms with van der Waals surface area (Å²) < 4.78 is 36.4. The SMILES string of the molecule is O=P(O)(O)OP(=O)(O)OP(=O)(O)O.[SiH4]. The molecule has 0 bridgehead atoms. The van der Waals surface area contributed by atoms with E-state index >= 15 is 0 Å². The molecular formula is H9O10P3Si. The summed E-state index contributed by atoms with van der Waals surface area (Å²) >= 11 is 0. The minimum atomic E-state index is -5.46. The van der Waals surface area contributed by atoms with Crippen LogP contribution in [0.25, 0.3) is 0 Å². The molecule has 14 heavy (non-hydrogen) atoms. The Morgan fingerprint density at radius 1 is 0.714 bits per heavy atom. The molecule has 0 unspecified atom stereocenters. The molecule has 0 aromatic heterocycles. The summed E-state index contributed by atoms with van der Waals surface area (Å²) in [6.45, 7) is 0. The van der Waals surface area contributed by atoms with Gasteiger partial charge in [-0.2, -0.15) is 8.62 Å². The number of hydrogen-bond donors (Lipinski definition) is 5. The maximum atomic E-state index is 10.4. The first-order valence-corrected chi connectivity index (χ1v) is 6.83. The lowest BCUT2D eigenvalue weighted by Gasteiger charge is -2.11. The number of phosphoric acid groups is 3. The van der Waals surface area contributed by atoms with E-state index in [-0.39, 0.29) is 11.0 Å². The van der Waals surface area contributed by atoms with E-state index in [1.165, 1.54) is 0 Å². The van der Waals surface area contributed by atoms with Gasteiger partial charge in [0.2, 0.25) is 0 Å². The van der Waals surface area contributed by atoms with Crippen LogP contribution in [-0.4, -0.2) is 35.4 Å². The van der Waals surface area contributed by atoms with Gasteiger partial charge in [0, 0.05) is 0 Å². The first kappa shape index (κ1) is 17.0. The molecule has 0 fully saturated rings. The van der Waals surface area contributed by atoms with E-state index in [0.717, 1.165) is 0 Å². The van der Waals surface area contributed by atoms with Crippen LogP contribution in [0.5, 0.6) is 0 Å². The van der Waals surface area contributed by atoms with E-state index in [0.29, 0.717) is 0 Å². The van der Waals surface area contributed by atoms with E-state index in [1.807, 2.05) is 0 Å². The van der Waals surface area contributed by atoms with Crippen LogP contribution in [0.4, 0.5) is 0 Å². The van der Waals surface area contributed by atoms with E-state index in [4.69, 9.17) is 24.5 Å². The summed E-state index contributed by atoms with van der Waals surface area (Å²) in [7, 11) is -16.2. The molecule has 0 rings (SSSR count). The van der Waals surface area contributed by atoms with Gasteiger partial charge in [-0.1, -0.05) is 0 Å². The number of hydrogen-bond acceptors (Lipinski definition) is 5. The highest BCUT2D eigenvalue weighted by Gasteiger charge is 2.38. The molecule has 0 heterocycles. The third-order valence-electron chi connectivity index (χ3n) is 0.419. The van der Waals surface area contributed by atoms with Crippen molar-refractivity contribution in [2.45, 2.75) is 0 Å². The Labute approximate surface area is 82.0 Å². The Kier molecular flexibility index (Phi) is 6.21. The van der Waals surface area contributed by atoms with Gasteiger partial charge < -0.3 is 24.5 Å². The standard InChI is InChI=1S/H5O10P3.H4Si/c1-11(2,3)9-13(7,8)10-12(4,5)6;/h(H,7,8)(H2,1,2,3)(H2,4,5,6);1H4. The Morgan fingerprint density at radius 2 is 0.929 bits per heavy atom. The Morgan fingerprint density at radius 3 is 1.07 bits per heavy atom. The zero-order chi connectivity index (χ0) is 10.9. The first-order valence-electron chi connectivity index (χ1n) is 2.28. The average molecular weight is 290 g/mol. The van der Waals surface area contributed by atoms with Gasteiger partial charge in [-0.25, -0.2) is 13.7 Å². The van der Waals surface area contributed by atoms with Gasteiger partial charge in [-0.3, -0.25) is 0 Å². The van der Waals surface area contributed by atoms with E-state index in [9.17, 15) is 13.7 Å². The van der Waals surface area contributed by atoms with Crippen molar-refractivity contribution in [3.8, 4) is 0 Å². The van der Waals surface area contributed by atoms with Crippen LogP contribution < -0.4 is 0 Å². The zero-order valence-electron chi connectivity index (χ0n) is 5.62. The largest absolute Gasteiger partial charge is 0.490 e. The van der Waals surface area contributed by atoms with E-state index in [2.05, 4.69) is 8.62 Å². The predicted molar refractivity (Wildman–Crippen MR) is 47.4 cm³/mol. The fourth-order valence-corrected chi connectivity index (χ4v) is 2.82. The molecule has 0 radical (unpaired) electrons. The van der Waals surface area contributed by atoms with Gasteiger partial charge in [0.1, 0.15) is 0 Å². The molecule has 0 aromatic carbocycles. The Hall–Kier alpha value is 0.627. The molecule has 0 amide bonds. The predicted octanol–water partition coefficient (Wildman–Crippen LogP) is -2.15. The molecule has 0 spiro atoms. The van der Waals surface area contributed by atoms with Gasteiger partial charge in [-0.15, -0.1) is 0 Å². The van der Waals surface area contributed by atoms with Crippen LogP contribution in [0.3, 0.4) is 0 Å². The van der Waals surface area contributed by atoms with Gasteiger partial charge in [0.15, 0.2) is 0 Å². The van der Waals surface area contributed by atoms with Gasteiger partial charge in [-0.05, 0) is 11.0 Å². The smallest absolute Gasteiger partial charge is 0.302 e. The fraction of sp³-hybridized carbons (Fsp3) is 0. The van der Waals surface area contributed by atoms with Crippen LogP contribution in [0.1, 0.15) is 0 Å². The van der Waals surface area contributed by atoms with Crippen molar-refractivity contribution in [1.82, 2.24) is 0 Å². The van der Waals surface area contributed by atoms with Gasteiger partial charge >= 0.3 is 23.5 Å². The number of rotatable bonds is 4. The second-order valence-electron chi connectivity index (χ2n) is 1.61. The van der Waals surface area contributed by atoms with E-state index < -0.39 is 23.5 Å². The Bertz CT molecular complexity index is 277. The van der Waals surface area contributed by atoms with Crippen molar-refractivity contribution < 1.29 is 46.8 Å². The van der Waals surface area contributed by atoms with Crippen LogP contribution in [-0.2, 0) is 22.3 Å². The molecule has 0 aliphatic heterocycles. The third kappa shape index (κ3) is 10.7. The molecular weight excluding hydrogens is 281 g/mol. The molecule has 0 saturated carbocycles. The van der Waals surface area contributed by atoms with Crippen molar-refractivity contribution >= 4 is 34.4 Å². The van der Waals surface area contributed by atoms with Crippen LogP contribution in [0.15, 0.2) is 0 Å². The van der Waals surface area contributed by atoms with Crippen molar-refractivity contribution in [1.29, 1.82) is 0 Å². The van der Waals surface area contributed by atoms with Gasteiger partial charge in [0.25, 0.3) is 0 Å². The maximum Gasteiger partial charge on any atom is 0.490 e. The highest BCUT2D eigenvalue weighted by atomic mass is 31.3. The van der Waals surface area contributed by atoms with Crippen molar-refractivity contribution in [2.24, 2.45) is 0 Å². The second-order valence-corrected chi connectivity index (χ2v) is 5.82. The maximum absolute atomic E-state index is 10.4. The molecule has 88 valence electrons. The van der Waals surface area contributed by atoms with Crippen LogP contribution in [0, 0.1) is 0 Å². The van der Waals surface area contributed by atoms with Gasteiger partial charge in [0.05, 0.1) is 0 Å². The van der Waals surface area contributed by atoms with Crippen molar-refractivity contribution in [2.75, 3.05) is 0 Å². The fourth-order valence-electron chi connectivity index (χ4n) is 0.284. The highest BCUT2D eigenvalue weighted by Crippen LogP contribution is 2.64. The molecule has 0 saturated heterocycles. The summed E-state index contributed by atoms with van der Waals surface area (Å²) in [5, 5.41) is 0. The highest BCUT2D eigenvalue weighted by molar-refractivity contribution is 7.66. The zero-order valence-corrected chi connectivity index (χ0v) is 8.30. The summed E-state index contributed by atoms with van der Waals surface area (Å²) in [5.74, 6) is 0. The first-order chi connectivity index (χ1) is 5.41. The normalized spacial score (nSPS) is 13.5. The van der Waals surface area contributed by atoms with Crippen molar-refractivity contribution in [3.63, 3.8) is 0 Å². The van der Waals surface area contributed by atoms with Crippen LogP contribution in [0.2, 0.25) is 0 Å². The minimum Gasteiger partial charge on any atom is -0.302 e. The minimum absolute atomic E-state index is 0. The molecule has 10 nitrogen and oxygen atoms in total. The third-order valence-corrected chi connectivity index (χ3v) is 3.77. The lowest BCUT2D eigenvalue weighted by molar-refractivity contribution is 0.204. The van der Waals surface area contributed by atoms with Crippen LogP contribution >= 0.6 is 23.5 Å². The lowest BCUT2D eigenvalue weighted by atomic mass is 15.7. The van der Waals surface area contributed by atoms with E-state index in [1.54, 1.807) is 0 Å². The summed E-state index contributed by atoms with van der Waals surface area (Å²) in [4.78, 5) is 40.2. The molecule has 0 aliphatic rings. The molecule has 0 atom stereocenters. The second kappa shape index (κ2) is 5.11. The topological polar surface area (TPSA) is 171 Å². The lowest BCUT2D eigenvalue weighted by Crippen LogP contribution is -1.91. The summed E-state index contributed by atoms with van der Waals surface area (Å²) in [5.41, 5.74) is 0. The van der Waals surface area contributed by atoms with Crippen molar-refractivity contribution in [3.05, 3.63) is 0 Å². The molecule has 14 heteroatoms.